The van der Waals surface area contributed by atoms with E-state index in [0.29, 0.717) is 34.7 Å². The third kappa shape index (κ3) is 4.67. The monoisotopic (exact) mass is 422 g/mol. The van der Waals surface area contributed by atoms with Gasteiger partial charge >= 0.3 is 0 Å². The number of fused-ring (bicyclic) bond motifs is 1. The Kier molecular flexibility index (Phi) is 5.83. The summed E-state index contributed by atoms with van der Waals surface area (Å²) < 4.78 is 11.6. The summed E-state index contributed by atoms with van der Waals surface area (Å²) in [7, 11) is 0. The third-order valence-corrected chi connectivity index (χ3v) is 5.00. The lowest BCUT2D eigenvalue weighted by molar-refractivity contribution is -0.119. The van der Waals surface area contributed by atoms with Gasteiger partial charge in [0.05, 0.1) is 11.3 Å². The Morgan fingerprint density at radius 3 is 2.60 bits per heavy atom. The highest BCUT2D eigenvalue weighted by Crippen LogP contribution is 2.34. The fourth-order valence-electron chi connectivity index (χ4n) is 2.14. The molecule has 0 saturated heterocycles. The standard InChI is InChI=1S/C17H15BrN2O4S/c18-13-4-2-1-3-12(13)17(22)20-19-16(21)10-25-11-5-6-14-15(9-11)24-8-7-23-14/h1-6,9H,7-8,10H2,(H,19,21)(H,20,22). The van der Waals surface area contributed by atoms with Gasteiger partial charge in [-0.3, -0.25) is 20.4 Å². The number of thioether (sulfide) groups is 1. The number of carbonyl (C=O) groups is 2. The second-order valence-corrected chi connectivity index (χ2v) is 6.98. The predicted octanol–water partition coefficient (Wildman–Crippen LogP) is 2.77. The minimum Gasteiger partial charge on any atom is -0.486 e. The number of benzene rings is 2. The highest BCUT2D eigenvalue weighted by atomic mass is 79.9. The molecule has 0 unspecified atom stereocenters. The van der Waals surface area contributed by atoms with Crippen molar-refractivity contribution in [2.24, 2.45) is 0 Å². The van der Waals surface area contributed by atoms with Gasteiger partial charge < -0.3 is 9.47 Å². The number of hydrogen-bond donors (Lipinski definition) is 2. The molecule has 2 aromatic rings. The number of carbonyl (C=O) groups excluding carboxylic acids is 2. The zero-order chi connectivity index (χ0) is 17.6. The number of halogens is 1. The highest BCUT2D eigenvalue weighted by molar-refractivity contribution is 9.10. The van der Waals surface area contributed by atoms with Crippen LogP contribution in [0.25, 0.3) is 0 Å². The molecule has 2 amide bonds. The number of ether oxygens (including phenoxy) is 2. The molecule has 1 heterocycles. The van der Waals surface area contributed by atoms with Gasteiger partial charge in [-0.2, -0.15) is 0 Å². The summed E-state index contributed by atoms with van der Waals surface area (Å²) in [5, 5.41) is 0. The van der Waals surface area contributed by atoms with Crippen LogP contribution in [0, 0.1) is 0 Å². The Morgan fingerprint density at radius 1 is 1.04 bits per heavy atom. The smallest absolute Gasteiger partial charge is 0.270 e. The van der Waals surface area contributed by atoms with Crippen LogP contribution in [-0.2, 0) is 4.79 Å². The summed E-state index contributed by atoms with van der Waals surface area (Å²) >= 11 is 4.64. The van der Waals surface area contributed by atoms with E-state index in [1.165, 1.54) is 11.8 Å². The van der Waals surface area contributed by atoms with E-state index in [1.54, 1.807) is 18.2 Å². The predicted molar refractivity (Wildman–Crippen MR) is 97.9 cm³/mol. The summed E-state index contributed by atoms with van der Waals surface area (Å²) in [6, 6.07) is 12.5. The van der Waals surface area contributed by atoms with Crippen molar-refractivity contribution in [1.29, 1.82) is 0 Å². The lowest BCUT2D eigenvalue weighted by atomic mass is 10.2. The minimum atomic E-state index is -0.384. The Balaban J connectivity index is 1.48. The molecule has 0 atom stereocenters. The number of nitrogens with one attached hydrogen (secondary N) is 2. The van der Waals surface area contributed by atoms with Crippen molar-refractivity contribution >= 4 is 39.5 Å². The molecule has 2 aromatic carbocycles. The molecule has 25 heavy (non-hydrogen) atoms. The molecule has 0 spiro atoms. The summed E-state index contributed by atoms with van der Waals surface area (Å²) in [4.78, 5) is 24.8. The first-order valence-electron chi connectivity index (χ1n) is 7.49. The first kappa shape index (κ1) is 17.6. The molecule has 2 N–H and O–H groups in total. The Morgan fingerprint density at radius 2 is 1.80 bits per heavy atom. The lowest BCUT2D eigenvalue weighted by Crippen LogP contribution is -2.42. The van der Waals surface area contributed by atoms with Gasteiger partial charge in [-0.1, -0.05) is 12.1 Å². The van der Waals surface area contributed by atoms with E-state index in [4.69, 9.17) is 9.47 Å². The average Bonchev–Trinajstić information content (AvgIpc) is 2.64. The largest absolute Gasteiger partial charge is 0.486 e. The summed E-state index contributed by atoms with van der Waals surface area (Å²) in [5.74, 6) is 0.862. The zero-order valence-corrected chi connectivity index (χ0v) is 15.5. The topological polar surface area (TPSA) is 76.7 Å². The van der Waals surface area contributed by atoms with E-state index < -0.39 is 0 Å². The molecule has 0 fully saturated rings. The molecular weight excluding hydrogens is 408 g/mol. The van der Waals surface area contributed by atoms with Crippen LogP contribution in [0.15, 0.2) is 51.8 Å². The SMILES string of the molecule is O=C(CSc1ccc2c(c1)OCCO2)NNC(=O)c1ccccc1Br. The maximum absolute atomic E-state index is 12.0. The van der Waals surface area contributed by atoms with E-state index in [1.807, 2.05) is 24.3 Å². The van der Waals surface area contributed by atoms with Crippen LogP contribution in [0.4, 0.5) is 0 Å². The van der Waals surface area contributed by atoms with Crippen molar-refractivity contribution in [3.8, 4) is 11.5 Å². The number of hydrazine groups is 1. The maximum atomic E-state index is 12.0. The molecule has 0 bridgehead atoms. The molecule has 1 aliphatic heterocycles. The fourth-order valence-corrected chi connectivity index (χ4v) is 3.33. The van der Waals surface area contributed by atoms with Gasteiger partial charge in [-0.25, -0.2) is 0 Å². The minimum absolute atomic E-state index is 0.163. The van der Waals surface area contributed by atoms with Gasteiger partial charge in [-0.15, -0.1) is 11.8 Å². The molecule has 6 nitrogen and oxygen atoms in total. The first-order valence-corrected chi connectivity index (χ1v) is 9.27. The summed E-state index contributed by atoms with van der Waals surface area (Å²) in [5.41, 5.74) is 5.25. The van der Waals surface area contributed by atoms with Crippen LogP contribution >= 0.6 is 27.7 Å². The number of amides is 2. The van der Waals surface area contributed by atoms with Crippen molar-refractivity contribution < 1.29 is 19.1 Å². The van der Waals surface area contributed by atoms with Crippen molar-refractivity contribution in [2.45, 2.75) is 4.90 Å². The van der Waals surface area contributed by atoms with E-state index in [-0.39, 0.29) is 17.6 Å². The summed E-state index contributed by atoms with van der Waals surface area (Å²) in [6.45, 7) is 1.06. The molecule has 0 radical (unpaired) electrons. The van der Waals surface area contributed by atoms with Crippen LogP contribution in [0.5, 0.6) is 11.5 Å². The second-order valence-electron chi connectivity index (χ2n) is 5.08. The van der Waals surface area contributed by atoms with Crippen LogP contribution in [0.3, 0.4) is 0 Å². The average molecular weight is 423 g/mol. The molecule has 0 aromatic heterocycles. The van der Waals surface area contributed by atoms with Crippen LogP contribution in [0.1, 0.15) is 10.4 Å². The molecule has 0 aliphatic carbocycles. The summed E-state index contributed by atoms with van der Waals surface area (Å²) in [6.07, 6.45) is 0. The number of rotatable bonds is 4. The molecule has 8 heteroatoms. The molecule has 130 valence electrons. The number of hydrogen-bond acceptors (Lipinski definition) is 5. The van der Waals surface area contributed by atoms with E-state index in [9.17, 15) is 9.59 Å². The van der Waals surface area contributed by atoms with Crippen molar-refractivity contribution in [3.63, 3.8) is 0 Å². The van der Waals surface area contributed by atoms with Crippen molar-refractivity contribution in [3.05, 3.63) is 52.5 Å². The van der Waals surface area contributed by atoms with E-state index in [2.05, 4.69) is 26.8 Å². The quantitative estimate of drug-likeness (QED) is 0.585. The molecule has 1 aliphatic rings. The van der Waals surface area contributed by atoms with Gasteiger partial charge in [0.2, 0.25) is 5.91 Å². The molecule has 0 saturated carbocycles. The zero-order valence-electron chi connectivity index (χ0n) is 13.1. The van der Waals surface area contributed by atoms with E-state index >= 15 is 0 Å². The fraction of sp³-hybridized carbons (Fsp3) is 0.176. The van der Waals surface area contributed by atoms with Crippen molar-refractivity contribution in [1.82, 2.24) is 10.9 Å². The van der Waals surface area contributed by atoms with Gasteiger partial charge in [-0.05, 0) is 46.3 Å². The Bertz CT molecular complexity index is 800. The molecular formula is C17H15BrN2O4S. The van der Waals surface area contributed by atoms with Crippen LogP contribution < -0.4 is 20.3 Å². The lowest BCUT2D eigenvalue weighted by Gasteiger charge is -2.18. The van der Waals surface area contributed by atoms with Gasteiger partial charge in [0, 0.05) is 9.37 Å². The Labute approximate surface area is 157 Å². The molecule has 3 rings (SSSR count). The highest BCUT2D eigenvalue weighted by Gasteiger charge is 2.13. The van der Waals surface area contributed by atoms with Crippen LogP contribution in [-0.4, -0.2) is 30.8 Å². The van der Waals surface area contributed by atoms with Gasteiger partial charge in [0.1, 0.15) is 13.2 Å². The normalized spacial score (nSPS) is 12.4. The second kappa shape index (κ2) is 8.26. The first-order chi connectivity index (χ1) is 12.1. The van der Waals surface area contributed by atoms with E-state index in [0.717, 1.165) is 4.90 Å². The van der Waals surface area contributed by atoms with Gasteiger partial charge in [0.25, 0.3) is 5.91 Å². The van der Waals surface area contributed by atoms with Crippen LogP contribution in [0.2, 0.25) is 0 Å². The van der Waals surface area contributed by atoms with Crippen molar-refractivity contribution in [2.75, 3.05) is 19.0 Å². The maximum Gasteiger partial charge on any atom is 0.270 e. The Hall–Kier alpha value is -2.19. The third-order valence-electron chi connectivity index (χ3n) is 3.32. The van der Waals surface area contributed by atoms with Gasteiger partial charge in [0.15, 0.2) is 11.5 Å².